The Hall–Kier alpha value is -1.85. The second-order valence-corrected chi connectivity index (χ2v) is 6.19. The Morgan fingerprint density at radius 2 is 1.95 bits per heavy atom. The highest BCUT2D eigenvalue weighted by atomic mass is 16.4. The summed E-state index contributed by atoms with van der Waals surface area (Å²) in [4.78, 5) is 22.7. The van der Waals surface area contributed by atoms with E-state index in [9.17, 15) is 9.59 Å². The fourth-order valence-corrected chi connectivity index (χ4v) is 2.72. The number of hydrogen-bond donors (Lipinski definition) is 2. The van der Waals surface area contributed by atoms with Gasteiger partial charge in [-0.1, -0.05) is 27.7 Å². The van der Waals surface area contributed by atoms with E-state index in [0.717, 1.165) is 0 Å². The Morgan fingerprint density at radius 1 is 1.37 bits per heavy atom. The zero-order valence-corrected chi connectivity index (χ0v) is 11.6. The monoisotopic (exact) mass is 265 g/mol. The summed E-state index contributed by atoms with van der Waals surface area (Å²) in [6, 6.07) is 0. The number of nitrogens with zero attached hydrogens (tertiary/aromatic N) is 2. The summed E-state index contributed by atoms with van der Waals surface area (Å²) in [7, 11) is 0. The molecule has 0 radical (unpaired) electrons. The molecule has 19 heavy (non-hydrogen) atoms. The van der Waals surface area contributed by atoms with Gasteiger partial charge >= 0.3 is 5.97 Å². The van der Waals surface area contributed by atoms with Crippen LogP contribution in [0.15, 0.2) is 12.4 Å². The number of hydrogen-bond acceptors (Lipinski definition) is 3. The molecule has 1 fully saturated rings. The van der Waals surface area contributed by atoms with E-state index in [0.29, 0.717) is 5.69 Å². The lowest BCUT2D eigenvalue weighted by Crippen LogP contribution is -2.17. The molecule has 1 aromatic heterocycles. The lowest BCUT2D eigenvalue weighted by Gasteiger charge is -2.03. The number of anilines is 1. The second-order valence-electron chi connectivity index (χ2n) is 6.19. The van der Waals surface area contributed by atoms with Gasteiger partial charge in [0.05, 0.1) is 11.9 Å². The molecule has 1 aliphatic carbocycles. The van der Waals surface area contributed by atoms with Crippen molar-refractivity contribution < 1.29 is 14.7 Å². The number of carbonyl (C=O) groups is 2. The van der Waals surface area contributed by atoms with E-state index < -0.39 is 5.97 Å². The molecule has 6 nitrogen and oxygen atoms in total. The maximum atomic E-state index is 12.2. The highest BCUT2D eigenvalue weighted by Gasteiger charge is 2.68. The van der Waals surface area contributed by atoms with Crippen molar-refractivity contribution >= 4 is 17.6 Å². The van der Waals surface area contributed by atoms with E-state index >= 15 is 0 Å². The van der Waals surface area contributed by atoms with Crippen molar-refractivity contribution in [3.8, 4) is 0 Å². The molecule has 0 atom stereocenters. The van der Waals surface area contributed by atoms with Crippen LogP contribution in [0.4, 0.5) is 5.69 Å². The Labute approximate surface area is 111 Å². The minimum Gasteiger partial charge on any atom is -0.480 e. The van der Waals surface area contributed by atoms with Gasteiger partial charge in [0.2, 0.25) is 5.91 Å². The Balaban J connectivity index is 2.01. The maximum Gasteiger partial charge on any atom is 0.325 e. The van der Waals surface area contributed by atoms with Crippen LogP contribution in [0.3, 0.4) is 0 Å². The minimum absolute atomic E-state index is 0.0197. The summed E-state index contributed by atoms with van der Waals surface area (Å²) in [5, 5.41) is 15.3. The SMILES string of the molecule is CC1(C)C(C(=O)Nc2cnn(CC(=O)O)c2)C1(C)C. The van der Waals surface area contributed by atoms with Crippen molar-refractivity contribution in [2.75, 3.05) is 5.32 Å². The third-order valence-corrected chi connectivity index (χ3v) is 4.48. The van der Waals surface area contributed by atoms with Gasteiger partial charge in [0.25, 0.3) is 0 Å². The molecule has 6 heteroatoms. The molecule has 1 saturated carbocycles. The van der Waals surface area contributed by atoms with Crippen molar-refractivity contribution in [1.29, 1.82) is 0 Å². The fourth-order valence-electron chi connectivity index (χ4n) is 2.72. The van der Waals surface area contributed by atoms with E-state index in [1.54, 1.807) is 0 Å². The lowest BCUT2D eigenvalue weighted by atomic mass is 10.0. The molecule has 2 N–H and O–H groups in total. The van der Waals surface area contributed by atoms with Gasteiger partial charge in [-0.3, -0.25) is 14.3 Å². The van der Waals surface area contributed by atoms with Crippen molar-refractivity contribution in [3.05, 3.63) is 12.4 Å². The summed E-state index contributed by atoms with van der Waals surface area (Å²) in [6.45, 7) is 8.09. The van der Waals surface area contributed by atoms with Crippen LogP contribution in [0, 0.1) is 16.7 Å². The summed E-state index contributed by atoms with van der Waals surface area (Å²) in [5.41, 5.74) is 0.493. The topological polar surface area (TPSA) is 84.2 Å². The zero-order valence-electron chi connectivity index (χ0n) is 11.6. The van der Waals surface area contributed by atoms with Crippen LogP contribution >= 0.6 is 0 Å². The number of nitrogens with one attached hydrogen (secondary N) is 1. The molecular formula is C13H19N3O3. The van der Waals surface area contributed by atoms with Gasteiger partial charge in [0.1, 0.15) is 6.54 Å². The van der Waals surface area contributed by atoms with Gasteiger partial charge in [0, 0.05) is 12.1 Å². The first-order valence-corrected chi connectivity index (χ1v) is 6.21. The molecule has 1 heterocycles. The standard InChI is InChI=1S/C13H19N3O3/c1-12(2)10(13(12,3)4)11(19)15-8-5-14-16(6-8)7-9(17)18/h5-6,10H,7H2,1-4H3,(H,15,19)(H,17,18). The van der Waals surface area contributed by atoms with Gasteiger partial charge in [-0.25, -0.2) is 0 Å². The van der Waals surface area contributed by atoms with Gasteiger partial charge in [-0.15, -0.1) is 0 Å². The van der Waals surface area contributed by atoms with E-state index in [2.05, 4.69) is 38.1 Å². The Bertz CT molecular complexity index is 517. The summed E-state index contributed by atoms with van der Waals surface area (Å²) in [5.74, 6) is -1.04. The number of rotatable bonds is 4. The second kappa shape index (κ2) is 4.08. The van der Waals surface area contributed by atoms with E-state index in [1.165, 1.54) is 17.1 Å². The van der Waals surface area contributed by atoms with Gasteiger partial charge in [0.15, 0.2) is 0 Å². The molecular weight excluding hydrogens is 246 g/mol. The van der Waals surface area contributed by atoms with Gasteiger partial charge < -0.3 is 10.4 Å². The van der Waals surface area contributed by atoms with Crippen molar-refractivity contribution in [1.82, 2.24) is 9.78 Å². The summed E-state index contributed by atoms with van der Waals surface area (Å²) in [6.07, 6.45) is 2.98. The maximum absolute atomic E-state index is 12.2. The quantitative estimate of drug-likeness (QED) is 0.865. The number of carboxylic acids is 1. The molecule has 0 aromatic carbocycles. The Kier molecular flexibility index (Phi) is 2.91. The molecule has 0 spiro atoms. The van der Waals surface area contributed by atoms with Crippen LogP contribution in [0.1, 0.15) is 27.7 Å². The Morgan fingerprint density at radius 3 is 2.42 bits per heavy atom. The molecule has 0 unspecified atom stereocenters. The number of carbonyl (C=O) groups excluding carboxylic acids is 1. The van der Waals surface area contributed by atoms with Crippen molar-refractivity contribution in [2.24, 2.45) is 16.7 Å². The summed E-state index contributed by atoms with van der Waals surface area (Å²) < 4.78 is 1.28. The van der Waals surface area contributed by atoms with Gasteiger partial charge in [-0.2, -0.15) is 5.10 Å². The molecule has 0 saturated heterocycles. The molecule has 1 amide bonds. The van der Waals surface area contributed by atoms with Crippen LogP contribution in [0.2, 0.25) is 0 Å². The minimum atomic E-state index is -0.967. The molecule has 0 aliphatic heterocycles. The molecule has 1 aliphatic rings. The fraction of sp³-hybridized carbons (Fsp3) is 0.615. The first-order chi connectivity index (χ1) is 8.66. The first-order valence-electron chi connectivity index (χ1n) is 6.21. The highest BCUT2D eigenvalue weighted by Crippen LogP contribution is 2.68. The third-order valence-electron chi connectivity index (χ3n) is 4.48. The zero-order chi connectivity index (χ0) is 14.4. The van der Waals surface area contributed by atoms with Crippen molar-refractivity contribution in [3.63, 3.8) is 0 Å². The predicted octanol–water partition coefficient (Wildman–Crippen LogP) is 1.59. The largest absolute Gasteiger partial charge is 0.480 e. The number of aliphatic carboxylic acids is 1. The van der Waals surface area contributed by atoms with E-state index in [-0.39, 0.29) is 29.2 Å². The van der Waals surface area contributed by atoms with Crippen molar-refractivity contribution in [2.45, 2.75) is 34.2 Å². The van der Waals surface area contributed by atoms with Crippen LogP contribution in [-0.4, -0.2) is 26.8 Å². The molecule has 1 aromatic rings. The number of carboxylic acid groups (broad SMARTS) is 1. The van der Waals surface area contributed by atoms with Crippen LogP contribution in [-0.2, 0) is 16.1 Å². The molecule has 104 valence electrons. The average molecular weight is 265 g/mol. The number of aromatic nitrogens is 2. The average Bonchev–Trinajstić information content (AvgIpc) is 2.57. The summed E-state index contributed by atoms with van der Waals surface area (Å²) >= 11 is 0. The third kappa shape index (κ3) is 2.22. The van der Waals surface area contributed by atoms with E-state index in [4.69, 9.17) is 5.11 Å². The van der Waals surface area contributed by atoms with Crippen LogP contribution in [0.5, 0.6) is 0 Å². The normalized spacial score (nSPS) is 20.0. The first kappa shape index (κ1) is 13.6. The van der Waals surface area contributed by atoms with E-state index in [1.807, 2.05) is 0 Å². The molecule has 2 rings (SSSR count). The van der Waals surface area contributed by atoms with Crippen LogP contribution in [0.25, 0.3) is 0 Å². The highest BCUT2D eigenvalue weighted by molar-refractivity contribution is 5.95. The predicted molar refractivity (Wildman–Crippen MR) is 69.5 cm³/mol. The smallest absolute Gasteiger partial charge is 0.325 e. The van der Waals surface area contributed by atoms with Gasteiger partial charge in [-0.05, 0) is 10.8 Å². The van der Waals surface area contributed by atoms with Crippen LogP contribution < -0.4 is 5.32 Å². The molecule has 0 bridgehead atoms. The lowest BCUT2D eigenvalue weighted by molar-refractivity contribution is -0.137. The number of amides is 1.